The summed E-state index contributed by atoms with van der Waals surface area (Å²) in [5.74, 6) is 0.326. The Balaban J connectivity index is 0.00000112. The minimum absolute atomic E-state index is 0. The predicted molar refractivity (Wildman–Crippen MR) is 70.6 cm³/mol. The second kappa shape index (κ2) is 5.46. The van der Waals surface area contributed by atoms with Crippen LogP contribution in [0.1, 0.15) is 30.9 Å². The van der Waals surface area contributed by atoms with Crippen molar-refractivity contribution < 1.29 is 4.39 Å². The van der Waals surface area contributed by atoms with Crippen LogP contribution in [0.4, 0.5) is 4.39 Å². The van der Waals surface area contributed by atoms with Gasteiger partial charge in [0.05, 0.1) is 0 Å². The van der Waals surface area contributed by atoms with Crippen molar-refractivity contribution in [3.63, 3.8) is 0 Å². The molecule has 1 aromatic rings. The summed E-state index contributed by atoms with van der Waals surface area (Å²) < 4.78 is 14.5. The second-order valence-corrected chi connectivity index (χ2v) is 5.13. The molecule has 0 aliphatic heterocycles. The van der Waals surface area contributed by atoms with Crippen molar-refractivity contribution in [1.82, 2.24) is 0 Å². The van der Waals surface area contributed by atoms with Crippen LogP contribution in [-0.4, -0.2) is 0 Å². The number of rotatable bonds is 2. The lowest BCUT2D eigenvalue weighted by molar-refractivity contribution is 0.260. The molecule has 2 N–H and O–H groups in total. The van der Waals surface area contributed by atoms with Gasteiger partial charge in [-0.05, 0) is 59.5 Å². The molecule has 0 unspecified atom stereocenters. The molecular weight excluding hydrogens is 327 g/mol. The van der Waals surface area contributed by atoms with E-state index in [1.165, 1.54) is 12.5 Å². The van der Waals surface area contributed by atoms with Gasteiger partial charge in [-0.15, -0.1) is 12.4 Å². The molecule has 1 aromatic carbocycles. The highest BCUT2D eigenvalue weighted by molar-refractivity contribution is 14.1. The van der Waals surface area contributed by atoms with Gasteiger partial charge in [-0.3, -0.25) is 0 Å². The molecule has 15 heavy (non-hydrogen) atoms. The quantitative estimate of drug-likeness (QED) is 0.817. The summed E-state index contributed by atoms with van der Waals surface area (Å²) in [4.78, 5) is 0. The first-order valence-corrected chi connectivity index (χ1v) is 5.97. The van der Waals surface area contributed by atoms with E-state index in [9.17, 15) is 4.39 Å². The van der Waals surface area contributed by atoms with Gasteiger partial charge in [0, 0.05) is 15.2 Å². The number of nitrogens with two attached hydrogens (primary N) is 1. The fourth-order valence-electron chi connectivity index (χ4n) is 1.82. The first-order valence-electron chi connectivity index (χ1n) is 4.89. The van der Waals surface area contributed by atoms with Gasteiger partial charge in [0.15, 0.2) is 0 Å². The molecule has 0 aromatic heterocycles. The molecule has 1 saturated carbocycles. The Kier molecular flexibility index (Phi) is 4.80. The van der Waals surface area contributed by atoms with Crippen LogP contribution in [0.2, 0.25) is 0 Å². The zero-order chi connectivity index (χ0) is 10.1. The van der Waals surface area contributed by atoms with Crippen molar-refractivity contribution in [2.45, 2.75) is 25.3 Å². The average molecular weight is 342 g/mol. The predicted octanol–water partition coefficient (Wildman–Crippen LogP) is 3.65. The number of hydrogen-bond acceptors (Lipinski definition) is 1. The minimum atomic E-state index is -0.162. The lowest BCUT2D eigenvalue weighted by Crippen LogP contribution is -2.27. The van der Waals surface area contributed by atoms with Gasteiger partial charge in [-0.25, -0.2) is 4.39 Å². The third-order valence-electron chi connectivity index (χ3n) is 2.97. The van der Waals surface area contributed by atoms with Gasteiger partial charge in [0.1, 0.15) is 5.82 Å². The van der Waals surface area contributed by atoms with E-state index in [-0.39, 0.29) is 24.3 Å². The normalized spacial score (nSPS) is 17.8. The highest BCUT2D eigenvalue weighted by atomic mass is 127. The highest BCUT2D eigenvalue weighted by Gasteiger charge is 2.27. The molecule has 0 saturated heterocycles. The van der Waals surface area contributed by atoms with E-state index in [0.717, 1.165) is 16.4 Å². The standard InChI is InChI=1S/C11H13FIN.ClH/c12-10-5-4-8(13)6-9(10)11(14)7-2-1-3-7;/h4-7,11H,1-3,14H2;1H/t11-;/m0./s1. The Labute approximate surface area is 109 Å². The number of benzene rings is 1. The van der Waals surface area contributed by atoms with E-state index >= 15 is 0 Å². The molecule has 1 fully saturated rings. The van der Waals surface area contributed by atoms with E-state index in [1.807, 2.05) is 6.07 Å². The van der Waals surface area contributed by atoms with E-state index in [4.69, 9.17) is 5.73 Å². The summed E-state index contributed by atoms with van der Waals surface area (Å²) in [7, 11) is 0. The fourth-order valence-corrected chi connectivity index (χ4v) is 2.34. The van der Waals surface area contributed by atoms with Crippen molar-refractivity contribution in [1.29, 1.82) is 0 Å². The Morgan fingerprint density at radius 2 is 2.07 bits per heavy atom. The first kappa shape index (κ1) is 13.2. The Morgan fingerprint density at radius 3 is 2.60 bits per heavy atom. The van der Waals surface area contributed by atoms with Gasteiger partial charge in [0.25, 0.3) is 0 Å². The third kappa shape index (κ3) is 2.82. The summed E-state index contributed by atoms with van der Waals surface area (Å²) >= 11 is 2.19. The molecule has 0 heterocycles. The summed E-state index contributed by atoms with van der Waals surface area (Å²) in [6.07, 6.45) is 3.53. The van der Waals surface area contributed by atoms with Crippen molar-refractivity contribution in [3.05, 3.63) is 33.1 Å². The van der Waals surface area contributed by atoms with Crippen LogP contribution in [0.3, 0.4) is 0 Å². The van der Waals surface area contributed by atoms with Gasteiger partial charge in [0.2, 0.25) is 0 Å². The van der Waals surface area contributed by atoms with Gasteiger partial charge in [-0.1, -0.05) is 6.42 Å². The topological polar surface area (TPSA) is 26.0 Å². The molecule has 0 amide bonds. The molecule has 1 aliphatic rings. The lowest BCUT2D eigenvalue weighted by atomic mass is 9.77. The molecule has 0 radical (unpaired) electrons. The van der Waals surface area contributed by atoms with Crippen LogP contribution >= 0.6 is 35.0 Å². The fraction of sp³-hybridized carbons (Fsp3) is 0.455. The molecule has 0 bridgehead atoms. The third-order valence-corrected chi connectivity index (χ3v) is 3.65. The van der Waals surface area contributed by atoms with Crippen LogP contribution in [-0.2, 0) is 0 Å². The number of hydrogen-bond donors (Lipinski definition) is 1. The average Bonchev–Trinajstić information content (AvgIpc) is 2.06. The molecule has 84 valence electrons. The number of halogens is 3. The Hall–Kier alpha value is 0.130. The minimum Gasteiger partial charge on any atom is -0.324 e. The monoisotopic (exact) mass is 341 g/mol. The maximum Gasteiger partial charge on any atom is 0.128 e. The van der Waals surface area contributed by atoms with Crippen LogP contribution < -0.4 is 5.73 Å². The van der Waals surface area contributed by atoms with Crippen LogP contribution in [0.15, 0.2) is 18.2 Å². The maximum absolute atomic E-state index is 13.5. The maximum atomic E-state index is 13.5. The van der Waals surface area contributed by atoms with Gasteiger partial charge < -0.3 is 5.73 Å². The molecular formula is C11H14ClFIN. The zero-order valence-corrected chi connectivity index (χ0v) is 11.2. The van der Waals surface area contributed by atoms with Crippen LogP contribution in [0.25, 0.3) is 0 Å². The van der Waals surface area contributed by atoms with Crippen LogP contribution in [0, 0.1) is 15.3 Å². The van der Waals surface area contributed by atoms with Gasteiger partial charge >= 0.3 is 0 Å². The Bertz CT molecular complexity index is 341. The molecule has 4 heteroatoms. The molecule has 1 nitrogen and oxygen atoms in total. The Morgan fingerprint density at radius 1 is 1.40 bits per heavy atom. The summed E-state index contributed by atoms with van der Waals surface area (Å²) in [5.41, 5.74) is 6.71. The van der Waals surface area contributed by atoms with Crippen molar-refractivity contribution >= 4 is 35.0 Å². The molecule has 2 rings (SSSR count). The molecule has 1 atom stereocenters. The largest absolute Gasteiger partial charge is 0.324 e. The first-order chi connectivity index (χ1) is 6.68. The molecule has 1 aliphatic carbocycles. The van der Waals surface area contributed by atoms with E-state index in [2.05, 4.69) is 22.6 Å². The summed E-state index contributed by atoms with van der Waals surface area (Å²) in [6, 6.07) is 5.03. The molecule has 0 spiro atoms. The second-order valence-electron chi connectivity index (χ2n) is 3.88. The summed E-state index contributed by atoms with van der Waals surface area (Å²) in [6.45, 7) is 0. The van der Waals surface area contributed by atoms with E-state index in [0.29, 0.717) is 11.5 Å². The zero-order valence-electron chi connectivity index (χ0n) is 8.25. The summed E-state index contributed by atoms with van der Waals surface area (Å²) in [5, 5.41) is 0. The van der Waals surface area contributed by atoms with Crippen molar-refractivity contribution in [3.8, 4) is 0 Å². The highest BCUT2D eigenvalue weighted by Crippen LogP contribution is 2.37. The van der Waals surface area contributed by atoms with E-state index in [1.54, 1.807) is 6.07 Å². The van der Waals surface area contributed by atoms with Gasteiger partial charge in [-0.2, -0.15) is 0 Å². The SMILES string of the molecule is Cl.N[C@H](c1cc(I)ccc1F)C1CCC1. The lowest BCUT2D eigenvalue weighted by Gasteiger charge is -2.31. The van der Waals surface area contributed by atoms with Crippen molar-refractivity contribution in [2.75, 3.05) is 0 Å². The van der Waals surface area contributed by atoms with Crippen molar-refractivity contribution in [2.24, 2.45) is 11.7 Å². The smallest absolute Gasteiger partial charge is 0.128 e. The van der Waals surface area contributed by atoms with E-state index < -0.39 is 0 Å². The van der Waals surface area contributed by atoms with Crippen LogP contribution in [0.5, 0.6) is 0 Å².